The molecule has 134 valence electrons. The number of aliphatic hydroxyl groups is 1. The van der Waals surface area contributed by atoms with Crippen LogP contribution in [-0.4, -0.2) is 45.5 Å². The molecule has 25 heavy (non-hydrogen) atoms. The molecule has 3 rings (SSSR count). The van der Waals surface area contributed by atoms with Crippen molar-refractivity contribution >= 4 is 11.8 Å². The van der Waals surface area contributed by atoms with E-state index in [9.17, 15) is 9.90 Å². The van der Waals surface area contributed by atoms with Crippen LogP contribution >= 0.6 is 0 Å². The van der Waals surface area contributed by atoms with Gasteiger partial charge in [0.15, 0.2) is 5.82 Å². The van der Waals surface area contributed by atoms with Gasteiger partial charge in [-0.05, 0) is 18.4 Å². The van der Waals surface area contributed by atoms with E-state index in [1.807, 2.05) is 36.5 Å². The maximum atomic E-state index is 12.3. The van der Waals surface area contributed by atoms with Crippen LogP contribution in [0.1, 0.15) is 31.2 Å². The number of carbonyl (C=O) groups is 1. The Kier molecular flexibility index (Phi) is 5.71. The molecular formula is C19H26N4O2. The maximum absolute atomic E-state index is 12.3. The van der Waals surface area contributed by atoms with Gasteiger partial charge in [0.2, 0.25) is 0 Å². The maximum Gasteiger partial charge on any atom is 0.322 e. The van der Waals surface area contributed by atoms with Gasteiger partial charge in [0.1, 0.15) is 0 Å². The highest BCUT2D eigenvalue weighted by Crippen LogP contribution is 2.25. The highest BCUT2D eigenvalue weighted by molar-refractivity contribution is 5.88. The number of urea groups is 1. The normalized spacial score (nSPS) is 20.2. The van der Waals surface area contributed by atoms with Crippen molar-refractivity contribution in [2.45, 2.75) is 38.3 Å². The van der Waals surface area contributed by atoms with Gasteiger partial charge >= 0.3 is 6.03 Å². The Labute approximate surface area is 148 Å². The number of amides is 2. The van der Waals surface area contributed by atoms with Crippen molar-refractivity contribution in [3.05, 3.63) is 48.2 Å². The summed E-state index contributed by atoms with van der Waals surface area (Å²) in [5, 5.41) is 17.3. The SMILES string of the molecule is CN(CC1CCCCC1O)C(=O)Nc1ccn(Cc2ccccc2)n1. The molecule has 0 radical (unpaired) electrons. The third-order valence-electron chi connectivity index (χ3n) is 4.79. The molecule has 2 atom stereocenters. The molecule has 1 aliphatic rings. The summed E-state index contributed by atoms with van der Waals surface area (Å²) in [6, 6.07) is 11.7. The van der Waals surface area contributed by atoms with Gasteiger partial charge in [-0.1, -0.05) is 43.2 Å². The lowest BCUT2D eigenvalue weighted by Gasteiger charge is -2.31. The number of nitrogens with zero attached hydrogens (tertiary/aromatic N) is 3. The van der Waals surface area contributed by atoms with Gasteiger partial charge in [0, 0.05) is 31.8 Å². The summed E-state index contributed by atoms with van der Waals surface area (Å²) in [4.78, 5) is 14.0. The Morgan fingerprint density at radius 1 is 1.28 bits per heavy atom. The first-order chi connectivity index (χ1) is 12.1. The Morgan fingerprint density at radius 3 is 2.80 bits per heavy atom. The number of hydrogen-bond donors (Lipinski definition) is 2. The molecule has 1 saturated carbocycles. The highest BCUT2D eigenvalue weighted by atomic mass is 16.3. The average molecular weight is 342 g/mol. The summed E-state index contributed by atoms with van der Waals surface area (Å²) in [6.07, 6.45) is 5.57. The third kappa shape index (κ3) is 4.82. The molecule has 2 aromatic rings. The van der Waals surface area contributed by atoms with E-state index in [1.54, 1.807) is 22.7 Å². The molecule has 6 heteroatoms. The molecule has 2 unspecified atom stereocenters. The van der Waals surface area contributed by atoms with E-state index < -0.39 is 0 Å². The van der Waals surface area contributed by atoms with Crippen LogP contribution in [0.15, 0.2) is 42.6 Å². The van der Waals surface area contributed by atoms with E-state index in [1.165, 1.54) is 0 Å². The van der Waals surface area contributed by atoms with Crippen LogP contribution in [0, 0.1) is 5.92 Å². The summed E-state index contributed by atoms with van der Waals surface area (Å²) >= 11 is 0. The number of nitrogens with one attached hydrogen (secondary N) is 1. The van der Waals surface area contributed by atoms with Crippen molar-refractivity contribution in [2.24, 2.45) is 5.92 Å². The van der Waals surface area contributed by atoms with Gasteiger partial charge in [-0.2, -0.15) is 5.10 Å². The standard InChI is InChI=1S/C19H26N4O2/c1-22(14-16-9-5-6-10-17(16)24)19(25)20-18-11-12-23(21-18)13-15-7-3-2-4-8-15/h2-4,7-8,11-12,16-17,24H,5-6,9-10,13-14H2,1H3,(H,20,21,25). The van der Waals surface area contributed by atoms with Crippen LogP contribution in [0.3, 0.4) is 0 Å². The number of aliphatic hydroxyl groups excluding tert-OH is 1. The molecule has 2 N–H and O–H groups in total. The Bertz CT molecular complexity index is 686. The fourth-order valence-corrected chi connectivity index (χ4v) is 3.33. The summed E-state index contributed by atoms with van der Waals surface area (Å²) in [6.45, 7) is 1.23. The summed E-state index contributed by atoms with van der Waals surface area (Å²) < 4.78 is 1.80. The number of aromatic nitrogens is 2. The Balaban J connectivity index is 1.52. The molecule has 0 aliphatic heterocycles. The molecule has 0 spiro atoms. The van der Waals surface area contributed by atoms with Crippen LogP contribution < -0.4 is 5.32 Å². The van der Waals surface area contributed by atoms with Crippen molar-refractivity contribution in [2.75, 3.05) is 18.9 Å². The Morgan fingerprint density at radius 2 is 2.04 bits per heavy atom. The van der Waals surface area contributed by atoms with Crippen molar-refractivity contribution in [1.82, 2.24) is 14.7 Å². The zero-order valence-electron chi connectivity index (χ0n) is 14.6. The first kappa shape index (κ1) is 17.5. The number of anilines is 1. The fourth-order valence-electron chi connectivity index (χ4n) is 3.33. The predicted octanol–water partition coefficient (Wildman–Crippen LogP) is 2.95. The van der Waals surface area contributed by atoms with Crippen LogP contribution in [0.5, 0.6) is 0 Å². The minimum atomic E-state index is -0.297. The van der Waals surface area contributed by atoms with Gasteiger partial charge in [0.05, 0.1) is 12.6 Å². The minimum Gasteiger partial charge on any atom is -0.393 e. The molecule has 1 aromatic heterocycles. The first-order valence-electron chi connectivity index (χ1n) is 8.89. The molecule has 1 heterocycles. The summed E-state index contributed by atoms with van der Waals surface area (Å²) in [7, 11) is 1.76. The zero-order valence-corrected chi connectivity index (χ0v) is 14.6. The van der Waals surface area contributed by atoms with Crippen LogP contribution in [-0.2, 0) is 6.54 Å². The van der Waals surface area contributed by atoms with Gasteiger partial charge in [-0.3, -0.25) is 10.00 Å². The lowest BCUT2D eigenvalue weighted by molar-refractivity contribution is 0.0575. The van der Waals surface area contributed by atoms with Crippen LogP contribution in [0.2, 0.25) is 0 Å². The van der Waals surface area contributed by atoms with E-state index >= 15 is 0 Å². The second-order valence-corrected chi connectivity index (χ2v) is 6.81. The molecule has 6 nitrogen and oxygen atoms in total. The van der Waals surface area contributed by atoms with E-state index in [-0.39, 0.29) is 18.1 Å². The Hall–Kier alpha value is -2.34. The van der Waals surface area contributed by atoms with Crippen molar-refractivity contribution in [3.8, 4) is 0 Å². The molecule has 0 bridgehead atoms. The second-order valence-electron chi connectivity index (χ2n) is 6.81. The smallest absolute Gasteiger partial charge is 0.322 e. The molecule has 1 aromatic carbocycles. The molecule has 0 saturated heterocycles. The highest BCUT2D eigenvalue weighted by Gasteiger charge is 2.25. The van der Waals surface area contributed by atoms with Crippen molar-refractivity contribution in [3.63, 3.8) is 0 Å². The van der Waals surface area contributed by atoms with Crippen molar-refractivity contribution < 1.29 is 9.90 Å². The van der Waals surface area contributed by atoms with E-state index in [0.29, 0.717) is 18.9 Å². The third-order valence-corrected chi connectivity index (χ3v) is 4.79. The lowest BCUT2D eigenvalue weighted by atomic mass is 9.86. The average Bonchev–Trinajstić information content (AvgIpc) is 3.04. The van der Waals surface area contributed by atoms with Crippen LogP contribution in [0.4, 0.5) is 10.6 Å². The van der Waals surface area contributed by atoms with Gasteiger partial charge in [-0.25, -0.2) is 4.79 Å². The molecular weight excluding hydrogens is 316 g/mol. The zero-order chi connectivity index (χ0) is 17.6. The first-order valence-corrected chi connectivity index (χ1v) is 8.89. The molecule has 1 aliphatic carbocycles. The van der Waals surface area contributed by atoms with Gasteiger partial charge in [-0.15, -0.1) is 0 Å². The summed E-state index contributed by atoms with van der Waals surface area (Å²) in [5.41, 5.74) is 1.16. The predicted molar refractivity (Wildman–Crippen MR) is 97.4 cm³/mol. The number of hydrogen-bond acceptors (Lipinski definition) is 3. The van der Waals surface area contributed by atoms with Gasteiger partial charge < -0.3 is 10.0 Å². The second kappa shape index (κ2) is 8.16. The fraction of sp³-hybridized carbons (Fsp3) is 0.474. The number of carbonyl (C=O) groups excluding carboxylic acids is 1. The topological polar surface area (TPSA) is 70.4 Å². The van der Waals surface area contributed by atoms with Crippen molar-refractivity contribution in [1.29, 1.82) is 0 Å². The quantitative estimate of drug-likeness (QED) is 0.878. The van der Waals surface area contributed by atoms with E-state index in [0.717, 1.165) is 31.2 Å². The monoisotopic (exact) mass is 342 g/mol. The van der Waals surface area contributed by atoms with Crippen LogP contribution in [0.25, 0.3) is 0 Å². The molecule has 2 amide bonds. The van der Waals surface area contributed by atoms with E-state index in [2.05, 4.69) is 10.4 Å². The molecule has 1 fully saturated rings. The van der Waals surface area contributed by atoms with E-state index in [4.69, 9.17) is 0 Å². The minimum absolute atomic E-state index is 0.167. The largest absolute Gasteiger partial charge is 0.393 e. The number of benzene rings is 1. The lowest BCUT2D eigenvalue weighted by Crippen LogP contribution is -2.40. The summed E-state index contributed by atoms with van der Waals surface area (Å²) in [5.74, 6) is 0.706. The van der Waals surface area contributed by atoms with Gasteiger partial charge in [0.25, 0.3) is 0 Å². The number of rotatable bonds is 5.